The number of aryl methyl sites for hydroxylation is 1. The van der Waals surface area contributed by atoms with Crippen LogP contribution in [0.25, 0.3) is 11.8 Å². The molecular weight excluding hydrogens is 311 g/mol. The second kappa shape index (κ2) is 7.08. The van der Waals surface area contributed by atoms with Crippen molar-refractivity contribution in [3.05, 3.63) is 53.1 Å². The first-order valence-electron chi connectivity index (χ1n) is 7.39. The van der Waals surface area contributed by atoms with Gasteiger partial charge in [-0.1, -0.05) is 0 Å². The maximum absolute atomic E-state index is 13.0. The molecule has 0 bridgehead atoms. The molecule has 2 rings (SSSR count). The number of rotatable bonds is 5. The Bertz CT molecular complexity index is 794. The van der Waals surface area contributed by atoms with Crippen molar-refractivity contribution in [2.24, 2.45) is 5.73 Å². The predicted molar refractivity (Wildman–Crippen MR) is 88.8 cm³/mol. The minimum atomic E-state index is -0.744. The van der Waals surface area contributed by atoms with Crippen LogP contribution in [0, 0.1) is 19.7 Å². The van der Waals surface area contributed by atoms with Crippen LogP contribution in [-0.4, -0.2) is 27.6 Å². The number of carbonyl (C=O) groups excluding carboxylic acids is 2. The summed E-state index contributed by atoms with van der Waals surface area (Å²) in [6.45, 7) is 5.18. The average molecular weight is 330 g/mol. The zero-order chi connectivity index (χ0) is 17.9. The van der Waals surface area contributed by atoms with Gasteiger partial charge in [-0.05, 0) is 51.1 Å². The van der Waals surface area contributed by atoms with Crippen LogP contribution < -0.4 is 11.1 Å². The van der Waals surface area contributed by atoms with Gasteiger partial charge in [0.1, 0.15) is 11.9 Å². The van der Waals surface area contributed by atoms with Gasteiger partial charge in [-0.2, -0.15) is 5.10 Å². The lowest BCUT2D eigenvalue weighted by molar-refractivity contribution is -0.124. The molecule has 2 aromatic rings. The van der Waals surface area contributed by atoms with Crippen molar-refractivity contribution >= 4 is 17.9 Å². The highest BCUT2D eigenvalue weighted by Gasteiger charge is 2.13. The third-order valence-electron chi connectivity index (χ3n) is 3.61. The van der Waals surface area contributed by atoms with E-state index in [0.29, 0.717) is 0 Å². The summed E-state index contributed by atoms with van der Waals surface area (Å²) < 4.78 is 14.7. The molecule has 0 spiro atoms. The molecule has 7 heteroatoms. The Morgan fingerprint density at radius 1 is 1.29 bits per heavy atom. The number of nitrogens with two attached hydrogens (primary N) is 1. The first kappa shape index (κ1) is 17.4. The fraction of sp³-hybridized carbons (Fsp3) is 0.235. The van der Waals surface area contributed by atoms with Crippen LogP contribution >= 0.6 is 0 Å². The minimum absolute atomic E-state index is 0.319. The monoisotopic (exact) mass is 330 g/mol. The molecule has 0 aliphatic carbocycles. The number of nitrogens with one attached hydrogen (secondary N) is 1. The van der Waals surface area contributed by atoms with Crippen LogP contribution in [0.3, 0.4) is 0 Å². The molecule has 0 radical (unpaired) electrons. The van der Waals surface area contributed by atoms with Crippen molar-refractivity contribution in [2.75, 3.05) is 0 Å². The highest BCUT2D eigenvalue weighted by atomic mass is 19.1. The second-order valence-corrected chi connectivity index (χ2v) is 5.44. The zero-order valence-electron chi connectivity index (χ0n) is 13.7. The van der Waals surface area contributed by atoms with E-state index in [-0.39, 0.29) is 5.82 Å². The molecule has 0 saturated carbocycles. The summed E-state index contributed by atoms with van der Waals surface area (Å²) >= 11 is 0. The largest absolute Gasteiger partial charge is 0.368 e. The van der Waals surface area contributed by atoms with Crippen LogP contribution in [0.4, 0.5) is 4.39 Å². The van der Waals surface area contributed by atoms with Gasteiger partial charge < -0.3 is 11.1 Å². The topological polar surface area (TPSA) is 90.0 Å². The Morgan fingerprint density at radius 2 is 1.92 bits per heavy atom. The van der Waals surface area contributed by atoms with Crippen LogP contribution in [0.5, 0.6) is 0 Å². The number of hydrogen-bond donors (Lipinski definition) is 2. The first-order valence-corrected chi connectivity index (χ1v) is 7.39. The summed E-state index contributed by atoms with van der Waals surface area (Å²) in [6, 6.07) is 5.23. The van der Waals surface area contributed by atoms with Gasteiger partial charge in [0, 0.05) is 17.3 Å². The molecule has 1 aromatic carbocycles. The van der Waals surface area contributed by atoms with E-state index >= 15 is 0 Å². The van der Waals surface area contributed by atoms with Crippen molar-refractivity contribution in [1.29, 1.82) is 0 Å². The number of nitrogens with zero attached hydrogens (tertiary/aromatic N) is 2. The van der Waals surface area contributed by atoms with Crippen LogP contribution in [0.1, 0.15) is 23.9 Å². The van der Waals surface area contributed by atoms with E-state index in [0.717, 1.165) is 22.6 Å². The maximum atomic E-state index is 13.0. The minimum Gasteiger partial charge on any atom is -0.368 e. The number of hydrogen-bond acceptors (Lipinski definition) is 3. The molecular formula is C17H19FN4O2. The summed E-state index contributed by atoms with van der Waals surface area (Å²) in [5.74, 6) is -1.34. The van der Waals surface area contributed by atoms with Crippen LogP contribution in [0.2, 0.25) is 0 Å². The predicted octanol–water partition coefficient (Wildman–Crippen LogP) is 1.63. The summed E-state index contributed by atoms with van der Waals surface area (Å²) in [5, 5.41) is 6.88. The molecule has 3 N–H and O–H groups in total. The Hall–Kier alpha value is -2.96. The molecule has 0 saturated heterocycles. The summed E-state index contributed by atoms with van der Waals surface area (Å²) in [7, 11) is 0. The Balaban J connectivity index is 2.23. The number of halogens is 1. The third-order valence-corrected chi connectivity index (χ3v) is 3.61. The molecule has 6 nitrogen and oxygen atoms in total. The number of primary amides is 1. The van der Waals surface area contributed by atoms with E-state index in [1.807, 2.05) is 13.8 Å². The maximum Gasteiger partial charge on any atom is 0.244 e. The number of carbonyl (C=O) groups is 2. The van der Waals surface area contributed by atoms with Crippen molar-refractivity contribution < 1.29 is 14.0 Å². The molecule has 0 aliphatic rings. The third kappa shape index (κ3) is 3.87. The van der Waals surface area contributed by atoms with Gasteiger partial charge >= 0.3 is 0 Å². The number of aromatic nitrogens is 2. The van der Waals surface area contributed by atoms with Gasteiger partial charge in [0.2, 0.25) is 11.8 Å². The number of amides is 2. The van der Waals surface area contributed by atoms with Crippen LogP contribution in [-0.2, 0) is 9.59 Å². The smallest absolute Gasteiger partial charge is 0.244 e. The lowest BCUT2D eigenvalue weighted by Gasteiger charge is -2.07. The second-order valence-electron chi connectivity index (χ2n) is 5.44. The Morgan fingerprint density at radius 3 is 2.50 bits per heavy atom. The molecule has 1 heterocycles. The lowest BCUT2D eigenvalue weighted by Crippen LogP contribution is -2.41. The van der Waals surface area contributed by atoms with Crippen molar-refractivity contribution in [1.82, 2.24) is 15.1 Å². The lowest BCUT2D eigenvalue weighted by atomic mass is 10.1. The molecule has 1 unspecified atom stereocenters. The van der Waals surface area contributed by atoms with Crippen molar-refractivity contribution in [3.63, 3.8) is 0 Å². The Labute approximate surface area is 139 Å². The standard InChI is InChI=1S/C17H19FN4O2/c1-10-15(8-9-16(23)20-11(2)17(19)24)12(3)22(21-10)14-6-4-13(18)5-7-14/h4-9,11H,1-3H3,(H2,19,24)(H,20,23)/b9-8+. The summed E-state index contributed by atoms with van der Waals surface area (Å²) in [5.41, 5.74) is 8.14. The van der Waals surface area contributed by atoms with Gasteiger partial charge in [0.05, 0.1) is 11.4 Å². The highest BCUT2D eigenvalue weighted by molar-refractivity contribution is 5.95. The highest BCUT2D eigenvalue weighted by Crippen LogP contribution is 2.19. The molecule has 126 valence electrons. The molecule has 2 amide bonds. The van der Waals surface area contributed by atoms with Crippen molar-refractivity contribution in [3.8, 4) is 5.69 Å². The van der Waals surface area contributed by atoms with Gasteiger partial charge in [-0.25, -0.2) is 9.07 Å². The van der Waals surface area contributed by atoms with Gasteiger partial charge in [-0.15, -0.1) is 0 Å². The van der Waals surface area contributed by atoms with Gasteiger partial charge in [0.25, 0.3) is 0 Å². The van der Waals surface area contributed by atoms with Crippen molar-refractivity contribution in [2.45, 2.75) is 26.8 Å². The van der Waals surface area contributed by atoms with E-state index in [1.165, 1.54) is 25.1 Å². The summed E-state index contributed by atoms with van der Waals surface area (Å²) in [6.07, 6.45) is 2.95. The molecule has 1 atom stereocenters. The van der Waals surface area contributed by atoms with Crippen LogP contribution in [0.15, 0.2) is 30.3 Å². The van der Waals surface area contributed by atoms with Gasteiger partial charge in [-0.3, -0.25) is 9.59 Å². The van der Waals surface area contributed by atoms with E-state index in [9.17, 15) is 14.0 Å². The fourth-order valence-corrected chi connectivity index (χ4v) is 2.22. The quantitative estimate of drug-likeness (QED) is 0.817. The molecule has 0 fully saturated rings. The zero-order valence-corrected chi connectivity index (χ0v) is 13.7. The fourth-order valence-electron chi connectivity index (χ4n) is 2.22. The first-order chi connectivity index (χ1) is 11.3. The summed E-state index contributed by atoms with van der Waals surface area (Å²) in [4.78, 5) is 22.7. The van der Waals surface area contributed by atoms with Gasteiger partial charge in [0.15, 0.2) is 0 Å². The van der Waals surface area contributed by atoms with E-state index in [1.54, 1.807) is 22.9 Å². The van der Waals surface area contributed by atoms with E-state index in [4.69, 9.17) is 5.73 Å². The van der Waals surface area contributed by atoms with E-state index in [2.05, 4.69) is 10.4 Å². The molecule has 24 heavy (non-hydrogen) atoms. The molecule has 0 aliphatic heterocycles. The SMILES string of the molecule is Cc1nn(-c2ccc(F)cc2)c(C)c1/C=C/C(=O)NC(C)C(N)=O. The Kier molecular flexibility index (Phi) is 5.13. The molecule has 1 aromatic heterocycles. The average Bonchev–Trinajstić information content (AvgIpc) is 2.80. The van der Waals surface area contributed by atoms with E-state index < -0.39 is 17.9 Å². The normalized spacial score (nSPS) is 12.3. The number of benzene rings is 1.